The van der Waals surface area contributed by atoms with Crippen LogP contribution in [0.25, 0.3) is 16.6 Å². The van der Waals surface area contributed by atoms with Crippen LogP contribution >= 0.6 is 11.6 Å². The Morgan fingerprint density at radius 1 is 1.15 bits per heavy atom. The Morgan fingerprint density at radius 3 is 2.77 bits per heavy atom. The molecule has 0 spiro atoms. The molecule has 2 aromatic carbocycles. The van der Waals surface area contributed by atoms with Gasteiger partial charge in [-0.15, -0.1) is 0 Å². The van der Waals surface area contributed by atoms with Crippen molar-refractivity contribution in [2.45, 2.75) is 26.0 Å². The smallest absolute Gasteiger partial charge is 0.256 e. The molecule has 248 valence electrons. The number of carbonyl (C=O) groups is 1. The molecule has 0 atom stereocenters. The van der Waals surface area contributed by atoms with Gasteiger partial charge < -0.3 is 24.7 Å². The van der Waals surface area contributed by atoms with Crippen molar-refractivity contribution in [3.8, 4) is 5.88 Å². The highest BCUT2D eigenvalue weighted by molar-refractivity contribution is 6.30. The second kappa shape index (κ2) is 15.8. The van der Waals surface area contributed by atoms with E-state index in [0.29, 0.717) is 34.4 Å². The summed E-state index contributed by atoms with van der Waals surface area (Å²) in [5.74, 6) is 1.15. The summed E-state index contributed by atoms with van der Waals surface area (Å²) < 4.78 is 26.7. The van der Waals surface area contributed by atoms with E-state index in [2.05, 4.69) is 41.1 Å². The first kappa shape index (κ1) is 33.0. The molecular weight excluding hydrogens is 635 g/mol. The van der Waals surface area contributed by atoms with Gasteiger partial charge in [0.15, 0.2) is 0 Å². The fourth-order valence-corrected chi connectivity index (χ4v) is 5.30. The van der Waals surface area contributed by atoms with Crippen molar-refractivity contribution in [1.29, 1.82) is 0 Å². The number of hydrogen-bond donors (Lipinski definition) is 2. The van der Waals surface area contributed by atoms with Gasteiger partial charge in [0.05, 0.1) is 36.2 Å². The normalized spacial score (nSPS) is 16.6. The number of amidine groups is 1. The molecule has 7 rings (SSSR count). The van der Waals surface area contributed by atoms with Crippen LogP contribution < -0.4 is 15.4 Å². The van der Waals surface area contributed by atoms with Crippen molar-refractivity contribution in [3.63, 3.8) is 0 Å². The number of aliphatic imine (C=N–C) groups is 2. The van der Waals surface area contributed by atoms with Crippen molar-refractivity contribution in [2.24, 2.45) is 17.0 Å². The summed E-state index contributed by atoms with van der Waals surface area (Å²) in [6.07, 6.45) is 9.03. The number of nitrogens with zero attached hydrogens (tertiary/aromatic N) is 6. The topological polar surface area (TPSA) is 118 Å². The summed E-state index contributed by atoms with van der Waals surface area (Å²) in [6.45, 7) is 4.57. The monoisotopic (exact) mass is 670 g/mol. The van der Waals surface area contributed by atoms with Crippen molar-refractivity contribution in [1.82, 2.24) is 30.1 Å². The number of aromatic nitrogens is 3. The molecule has 0 unspecified atom stereocenters. The number of nitrogens with one attached hydrogen (secondary N) is 2. The predicted molar refractivity (Wildman–Crippen MR) is 185 cm³/mol. The van der Waals surface area contributed by atoms with Crippen LogP contribution in [0.4, 0.5) is 4.39 Å². The molecule has 0 aliphatic carbocycles. The molecule has 5 heterocycles. The third-order valence-corrected chi connectivity index (χ3v) is 8.22. The van der Waals surface area contributed by atoms with Gasteiger partial charge in [0.1, 0.15) is 24.1 Å². The lowest BCUT2D eigenvalue weighted by Crippen LogP contribution is -2.33. The summed E-state index contributed by atoms with van der Waals surface area (Å²) in [5, 5.41) is 6.02. The average Bonchev–Trinajstić information content (AvgIpc) is 3.35. The minimum Gasteiger partial charge on any atom is -0.473 e. The van der Waals surface area contributed by atoms with Crippen molar-refractivity contribution in [3.05, 3.63) is 107 Å². The van der Waals surface area contributed by atoms with Crippen LogP contribution in [-0.4, -0.2) is 70.4 Å². The number of imidazole rings is 1. The molecule has 13 heteroatoms. The Labute approximate surface area is 282 Å². The van der Waals surface area contributed by atoms with Gasteiger partial charge >= 0.3 is 0 Å². The fraction of sp³-hybridized carbons (Fsp3) is 0.286. The van der Waals surface area contributed by atoms with Gasteiger partial charge in [0.25, 0.3) is 5.91 Å². The minimum atomic E-state index is -0.405. The van der Waals surface area contributed by atoms with E-state index in [1.165, 1.54) is 12.5 Å². The molecule has 3 aliphatic heterocycles. The Morgan fingerprint density at radius 2 is 2.00 bits per heavy atom. The van der Waals surface area contributed by atoms with Crippen LogP contribution in [0.15, 0.2) is 83.1 Å². The maximum Gasteiger partial charge on any atom is 0.256 e. The highest BCUT2D eigenvalue weighted by Gasteiger charge is 2.19. The molecule has 2 N–H and O–H groups in total. The Kier molecular flexibility index (Phi) is 10.9. The van der Waals surface area contributed by atoms with Crippen molar-refractivity contribution >= 4 is 46.3 Å². The van der Waals surface area contributed by atoms with Crippen LogP contribution in [0.1, 0.15) is 40.3 Å². The van der Waals surface area contributed by atoms with Gasteiger partial charge in [-0.2, -0.15) is 0 Å². The third kappa shape index (κ3) is 8.51. The minimum absolute atomic E-state index is 0.0658. The molecule has 1 saturated heterocycles. The number of halogens is 2. The van der Waals surface area contributed by atoms with Gasteiger partial charge in [0, 0.05) is 68.0 Å². The molecule has 0 saturated carbocycles. The van der Waals surface area contributed by atoms with Crippen LogP contribution in [0.5, 0.6) is 5.88 Å². The van der Waals surface area contributed by atoms with Crippen LogP contribution in [-0.2, 0) is 24.9 Å². The lowest BCUT2D eigenvalue weighted by Gasteiger charge is -2.25. The number of ether oxygens (including phenoxy) is 2. The van der Waals surface area contributed by atoms with Crippen LogP contribution in [0.2, 0.25) is 5.02 Å². The average molecular weight is 671 g/mol. The number of amides is 1. The van der Waals surface area contributed by atoms with E-state index in [4.69, 9.17) is 26.1 Å². The van der Waals surface area contributed by atoms with Gasteiger partial charge in [-0.3, -0.25) is 14.7 Å². The fourth-order valence-electron chi connectivity index (χ4n) is 5.14. The van der Waals surface area contributed by atoms with Gasteiger partial charge in [0.2, 0.25) is 5.88 Å². The van der Waals surface area contributed by atoms with Crippen LogP contribution in [0, 0.1) is 5.82 Å². The number of aryl methyl sites for hydroxylation is 1. The molecule has 11 nitrogen and oxygen atoms in total. The van der Waals surface area contributed by atoms with E-state index in [1.54, 1.807) is 49.1 Å². The molecule has 0 radical (unpaired) electrons. The molecular formula is C35H36ClFN8O3. The SMILES string of the molecule is C1COC1.Cn1c(CN2CC=C(c3cccc(OCc4ccc(Cl)cc4F)n3)CC2)nc2cc(C(=O)NC3=N/C=C\NC=NC3)ccc21. The predicted octanol–water partition coefficient (Wildman–Crippen LogP) is 5.27. The number of rotatable bonds is 7. The van der Waals surface area contributed by atoms with E-state index >= 15 is 0 Å². The van der Waals surface area contributed by atoms with E-state index in [0.717, 1.165) is 60.8 Å². The van der Waals surface area contributed by atoms with Gasteiger partial charge in [-0.25, -0.2) is 19.4 Å². The van der Waals surface area contributed by atoms with Gasteiger partial charge in [-0.1, -0.05) is 29.8 Å². The second-order valence-corrected chi connectivity index (χ2v) is 11.8. The molecule has 48 heavy (non-hydrogen) atoms. The number of pyridine rings is 1. The molecule has 1 fully saturated rings. The van der Waals surface area contributed by atoms with Crippen molar-refractivity contribution in [2.75, 3.05) is 32.8 Å². The highest BCUT2D eigenvalue weighted by atomic mass is 35.5. The zero-order valence-electron chi connectivity index (χ0n) is 26.5. The summed E-state index contributed by atoms with van der Waals surface area (Å²) in [5.41, 5.74) is 4.60. The van der Waals surface area contributed by atoms with Crippen molar-refractivity contribution < 1.29 is 18.7 Å². The number of fused-ring (bicyclic) bond motifs is 1. The second-order valence-electron chi connectivity index (χ2n) is 11.3. The van der Waals surface area contributed by atoms with E-state index in [9.17, 15) is 9.18 Å². The molecule has 2 aromatic heterocycles. The first-order valence-corrected chi connectivity index (χ1v) is 16.1. The molecule has 3 aliphatic rings. The zero-order chi connectivity index (χ0) is 33.3. The standard InChI is InChI=1S/C32H30ClFN8O2.C3H6O/c1-41-28-8-6-22(32(43)40-29-17-36-20-35-11-12-37-29)15-27(28)38-30(41)18-42-13-9-21(10-14-42)26-3-2-4-31(39-26)44-19-23-5-7-24(33)16-25(23)34;1-2-4-3-1/h2-9,11-12,15-16,20H,10,13-14,17-19H2,1H3,(H,35,36)(H,37,40,43);1-3H2/b12-11-;. The summed E-state index contributed by atoms with van der Waals surface area (Å²) in [7, 11) is 1.99. The maximum absolute atomic E-state index is 14.1. The quantitative estimate of drug-likeness (QED) is 0.275. The number of hydrogen-bond acceptors (Lipinski definition) is 9. The van der Waals surface area contributed by atoms with Crippen LogP contribution in [0.3, 0.4) is 0 Å². The first-order valence-electron chi connectivity index (χ1n) is 15.7. The Hall–Kier alpha value is -4.91. The first-order chi connectivity index (χ1) is 23.4. The zero-order valence-corrected chi connectivity index (χ0v) is 27.3. The molecule has 4 aromatic rings. The Balaban J connectivity index is 0.000000934. The number of benzene rings is 2. The summed E-state index contributed by atoms with van der Waals surface area (Å²) >= 11 is 5.84. The summed E-state index contributed by atoms with van der Waals surface area (Å²) in [6, 6.07) is 15.7. The van der Waals surface area contributed by atoms with E-state index in [-0.39, 0.29) is 19.1 Å². The number of carbonyl (C=O) groups excluding carboxylic acids is 1. The maximum atomic E-state index is 14.1. The van der Waals surface area contributed by atoms with Gasteiger partial charge in [-0.05, 0) is 54.8 Å². The lowest BCUT2D eigenvalue weighted by atomic mass is 10.0. The Bertz CT molecular complexity index is 1900. The lowest BCUT2D eigenvalue weighted by molar-refractivity contribution is 0.0367. The summed E-state index contributed by atoms with van der Waals surface area (Å²) in [4.78, 5) is 33.1. The van der Waals surface area contributed by atoms with E-state index in [1.807, 2.05) is 25.2 Å². The highest BCUT2D eigenvalue weighted by Crippen LogP contribution is 2.25. The van der Waals surface area contributed by atoms with E-state index < -0.39 is 5.82 Å². The third-order valence-electron chi connectivity index (χ3n) is 7.98. The molecule has 0 bridgehead atoms. The molecule has 1 amide bonds. The largest absolute Gasteiger partial charge is 0.473 e.